The van der Waals surface area contributed by atoms with Crippen LogP contribution in [0.4, 0.5) is 5.82 Å². The molecular weight excluding hydrogens is 240 g/mol. The van der Waals surface area contributed by atoms with E-state index in [-0.39, 0.29) is 11.8 Å². The Balaban J connectivity index is 2.22. The lowest BCUT2D eigenvalue weighted by Gasteiger charge is -2.12. The Hall–Kier alpha value is -2.07. The Morgan fingerprint density at radius 1 is 1.00 bits per heavy atom. The van der Waals surface area contributed by atoms with Crippen molar-refractivity contribution in [1.29, 1.82) is 0 Å². The summed E-state index contributed by atoms with van der Waals surface area (Å²) < 4.78 is 1.32. The molecule has 1 aliphatic rings. The molecule has 0 N–H and O–H groups in total. The Labute approximate surface area is 102 Å². The van der Waals surface area contributed by atoms with E-state index in [9.17, 15) is 9.59 Å². The third-order valence-electron chi connectivity index (χ3n) is 2.67. The zero-order valence-electron chi connectivity index (χ0n) is 8.63. The van der Waals surface area contributed by atoms with Gasteiger partial charge in [-0.05, 0) is 12.1 Å². The van der Waals surface area contributed by atoms with E-state index in [2.05, 4.69) is 0 Å². The van der Waals surface area contributed by atoms with E-state index >= 15 is 0 Å². The summed E-state index contributed by atoms with van der Waals surface area (Å²) in [6.45, 7) is 0. The molecule has 2 aromatic rings. The van der Waals surface area contributed by atoms with E-state index in [1.54, 1.807) is 6.07 Å². The molecule has 0 spiro atoms. The van der Waals surface area contributed by atoms with Crippen molar-refractivity contribution < 1.29 is 9.59 Å². The fourth-order valence-corrected chi connectivity index (χ4v) is 2.16. The van der Waals surface area contributed by atoms with Crippen LogP contribution in [0.25, 0.3) is 10.9 Å². The fourth-order valence-electron chi connectivity index (χ4n) is 1.89. The SMILES string of the molecule is O=C1C=CC(=O)N1c1cc2ccccc2n1Cl. The lowest BCUT2D eigenvalue weighted by molar-refractivity contribution is -0.120. The summed E-state index contributed by atoms with van der Waals surface area (Å²) in [5.74, 6) is -0.382. The van der Waals surface area contributed by atoms with Crippen LogP contribution in [0.2, 0.25) is 0 Å². The second-order valence-electron chi connectivity index (χ2n) is 3.69. The average molecular weight is 247 g/mol. The Morgan fingerprint density at radius 3 is 2.29 bits per heavy atom. The third kappa shape index (κ3) is 1.38. The molecule has 0 atom stereocenters. The molecule has 0 radical (unpaired) electrons. The van der Waals surface area contributed by atoms with Gasteiger partial charge in [0.15, 0.2) is 0 Å². The van der Waals surface area contributed by atoms with Gasteiger partial charge in [0.2, 0.25) is 0 Å². The number of carbonyl (C=O) groups excluding carboxylic acids is 2. The quantitative estimate of drug-likeness (QED) is 0.723. The van der Waals surface area contributed by atoms with Crippen LogP contribution in [0.1, 0.15) is 0 Å². The molecule has 2 heterocycles. The van der Waals surface area contributed by atoms with Crippen LogP contribution in [0.3, 0.4) is 0 Å². The monoisotopic (exact) mass is 246 g/mol. The van der Waals surface area contributed by atoms with Gasteiger partial charge < -0.3 is 0 Å². The van der Waals surface area contributed by atoms with Crippen LogP contribution in [0, 0.1) is 0 Å². The van der Waals surface area contributed by atoms with Crippen LogP contribution in [-0.2, 0) is 9.59 Å². The van der Waals surface area contributed by atoms with Crippen molar-refractivity contribution >= 4 is 40.3 Å². The summed E-state index contributed by atoms with van der Waals surface area (Å²) in [6.07, 6.45) is 2.47. The molecule has 0 unspecified atom stereocenters. The Kier molecular flexibility index (Phi) is 2.06. The van der Waals surface area contributed by atoms with Gasteiger partial charge in [0.05, 0.1) is 5.52 Å². The van der Waals surface area contributed by atoms with Gasteiger partial charge in [-0.1, -0.05) is 18.2 Å². The van der Waals surface area contributed by atoms with Gasteiger partial charge in [-0.25, -0.2) is 8.99 Å². The van der Waals surface area contributed by atoms with Crippen molar-refractivity contribution in [2.45, 2.75) is 0 Å². The maximum absolute atomic E-state index is 11.6. The Morgan fingerprint density at radius 2 is 1.65 bits per heavy atom. The number of nitrogens with zero attached hydrogens (tertiary/aromatic N) is 2. The first kappa shape index (κ1) is 10.1. The number of carbonyl (C=O) groups is 2. The average Bonchev–Trinajstić information content (AvgIpc) is 2.82. The number of aromatic nitrogens is 1. The van der Waals surface area contributed by atoms with Crippen LogP contribution < -0.4 is 4.90 Å². The minimum atomic E-state index is -0.375. The molecule has 0 saturated carbocycles. The molecule has 84 valence electrons. The van der Waals surface area contributed by atoms with Crippen molar-refractivity contribution in [2.75, 3.05) is 4.90 Å². The van der Waals surface area contributed by atoms with Gasteiger partial charge >= 0.3 is 0 Å². The molecule has 3 rings (SSSR count). The van der Waals surface area contributed by atoms with Gasteiger partial charge in [-0.15, -0.1) is 0 Å². The van der Waals surface area contributed by atoms with E-state index in [1.807, 2.05) is 24.3 Å². The van der Waals surface area contributed by atoms with E-state index < -0.39 is 0 Å². The van der Waals surface area contributed by atoms with Crippen molar-refractivity contribution in [3.8, 4) is 0 Å². The second-order valence-corrected chi connectivity index (χ2v) is 4.03. The van der Waals surface area contributed by atoms with Gasteiger partial charge in [-0.2, -0.15) is 0 Å². The molecule has 0 saturated heterocycles. The van der Waals surface area contributed by atoms with Crippen LogP contribution in [0.15, 0.2) is 42.5 Å². The highest BCUT2D eigenvalue weighted by Crippen LogP contribution is 2.29. The van der Waals surface area contributed by atoms with E-state index in [0.717, 1.165) is 15.8 Å². The minimum absolute atomic E-state index is 0.368. The molecule has 2 amide bonds. The maximum atomic E-state index is 11.6. The number of anilines is 1. The molecule has 1 aliphatic heterocycles. The van der Waals surface area contributed by atoms with Crippen LogP contribution in [-0.4, -0.2) is 15.9 Å². The minimum Gasteiger partial charge on any atom is -0.269 e. The number of hydrogen-bond acceptors (Lipinski definition) is 2. The highest BCUT2D eigenvalue weighted by atomic mass is 35.5. The summed E-state index contributed by atoms with van der Waals surface area (Å²) in [7, 11) is 0. The van der Waals surface area contributed by atoms with Crippen molar-refractivity contribution in [1.82, 2.24) is 4.09 Å². The zero-order valence-corrected chi connectivity index (χ0v) is 9.39. The van der Waals surface area contributed by atoms with Gasteiger partial charge in [0, 0.05) is 29.3 Å². The number of imide groups is 1. The molecule has 0 aliphatic carbocycles. The van der Waals surface area contributed by atoms with Gasteiger partial charge in [0.25, 0.3) is 11.8 Å². The van der Waals surface area contributed by atoms with Crippen molar-refractivity contribution in [3.05, 3.63) is 42.5 Å². The summed E-state index contributed by atoms with van der Waals surface area (Å²) >= 11 is 6.11. The zero-order chi connectivity index (χ0) is 12.0. The largest absolute Gasteiger partial charge is 0.269 e. The lowest BCUT2D eigenvalue weighted by Crippen LogP contribution is -2.30. The van der Waals surface area contributed by atoms with E-state index in [0.29, 0.717) is 5.82 Å². The summed E-state index contributed by atoms with van der Waals surface area (Å²) in [6, 6.07) is 9.12. The third-order valence-corrected chi connectivity index (χ3v) is 3.03. The maximum Gasteiger partial charge on any atom is 0.259 e. The van der Waals surface area contributed by atoms with Gasteiger partial charge in [0.1, 0.15) is 5.82 Å². The van der Waals surface area contributed by atoms with E-state index in [1.165, 1.54) is 16.2 Å². The van der Waals surface area contributed by atoms with Gasteiger partial charge in [-0.3, -0.25) is 9.59 Å². The highest BCUT2D eigenvalue weighted by molar-refractivity contribution is 6.31. The van der Waals surface area contributed by atoms with Crippen molar-refractivity contribution in [2.24, 2.45) is 0 Å². The van der Waals surface area contributed by atoms with Crippen LogP contribution in [0.5, 0.6) is 0 Å². The smallest absolute Gasteiger partial charge is 0.259 e. The molecule has 0 bridgehead atoms. The standard InChI is InChI=1S/C12H7ClN2O2/c13-15-9-4-2-1-3-8(9)7-10(15)14-11(16)5-6-12(14)17/h1-7H. The number of hydrogen-bond donors (Lipinski definition) is 0. The first-order valence-electron chi connectivity index (χ1n) is 5.01. The molecule has 4 nitrogen and oxygen atoms in total. The fraction of sp³-hybridized carbons (Fsp3) is 0. The predicted molar refractivity (Wildman–Crippen MR) is 64.8 cm³/mol. The first-order valence-corrected chi connectivity index (χ1v) is 5.35. The van der Waals surface area contributed by atoms with Crippen LogP contribution >= 0.6 is 11.8 Å². The molecule has 1 aromatic heterocycles. The molecular formula is C12H7ClN2O2. The Bertz CT molecular complexity index is 654. The topological polar surface area (TPSA) is 42.3 Å². The number of para-hydroxylation sites is 1. The number of benzene rings is 1. The number of fused-ring (bicyclic) bond motifs is 1. The first-order chi connectivity index (χ1) is 8.18. The highest BCUT2D eigenvalue weighted by Gasteiger charge is 2.28. The predicted octanol–water partition coefficient (Wildman–Crippen LogP) is 2.07. The van der Waals surface area contributed by atoms with E-state index in [4.69, 9.17) is 11.8 Å². The summed E-state index contributed by atoms with van der Waals surface area (Å²) in [4.78, 5) is 24.2. The molecule has 5 heteroatoms. The summed E-state index contributed by atoms with van der Waals surface area (Å²) in [5, 5.41) is 0.880. The molecule has 17 heavy (non-hydrogen) atoms. The molecule has 0 fully saturated rings. The second kappa shape index (κ2) is 3.46. The molecule has 1 aromatic carbocycles. The van der Waals surface area contributed by atoms with Crippen molar-refractivity contribution in [3.63, 3.8) is 0 Å². The lowest BCUT2D eigenvalue weighted by atomic mass is 10.2. The normalized spacial score (nSPS) is 15.2. The number of amides is 2. The number of rotatable bonds is 1. The number of halogens is 1. The summed E-state index contributed by atoms with van der Waals surface area (Å²) in [5.41, 5.74) is 0.761.